The minimum absolute atomic E-state index is 0.0556. The number of benzene rings is 1. The fraction of sp³-hybridized carbons (Fsp3) is 0.269. The average molecular weight is 508 g/mol. The van der Waals surface area contributed by atoms with Gasteiger partial charge in [-0.25, -0.2) is 9.18 Å². The Labute approximate surface area is 211 Å². The predicted octanol–water partition coefficient (Wildman–Crippen LogP) is 5.00. The quantitative estimate of drug-likeness (QED) is 0.295. The predicted molar refractivity (Wildman–Crippen MR) is 138 cm³/mol. The van der Waals surface area contributed by atoms with Crippen LogP contribution in [0.3, 0.4) is 0 Å². The number of hydrogen-bond donors (Lipinski definition) is 3. The number of likely N-dealkylation sites (N-methyl/N-ethyl adjacent to an activating group) is 1. The van der Waals surface area contributed by atoms with Gasteiger partial charge in [-0.1, -0.05) is 6.07 Å². The van der Waals surface area contributed by atoms with E-state index in [0.29, 0.717) is 24.5 Å². The Hall–Kier alpha value is -3.60. The van der Waals surface area contributed by atoms with Gasteiger partial charge in [-0.2, -0.15) is 0 Å². The third-order valence-corrected chi connectivity index (χ3v) is 6.87. The number of pyridine rings is 2. The Morgan fingerprint density at radius 3 is 2.78 bits per heavy atom. The van der Waals surface area contributed by atoms with Crippen LogP contribution in [-0.2, 0) is 6.54 Å². The van der Waals surface area contributed by atoms with Gasteiger partial charge in [0.05, 0.1) is 27.4 Å². The van der Waals surface area contributed by atoms with Gasteiger partial charge in [-0.15, -0.1) is 11.3 Å². The molecule has 2 amide bonds. The number of aliphatic hydroxyl groups is 1. The van der Waals surface area contributed by atoms with Gasteiger partial charge in [0.1, 0.15) is 5.75 Å². The van der Waals surface area contributed by atoms with Crippen molar-refractivity contribution >= 4 is 33.3 Å². The van der Waals surface area contributed by atoms with Gasteiger partial charge in [0.25, 0.3) is 0 Å². The minimum Gasteiger partial charge on any atom is -0.453 e. The number of aromatic nitrogens is 2. The van der Waals surface area contributed by atoms with Gasteiger partial charge in [0.15, 0.2) is 11.6 Å². The molecule has 0 unspecified atom stereocenters. The lowest BCUT2D eigenvalue weighted by Gasteiger charge is -2.14. The molecule has 3 heterocycles. The molecule has 1 aliphatic rings. The smallest absolute Gasteiger partial charge is 0.319 e. The second kappa shape index (κ2) is 10.6. The molecule has 3 N–H and O–H groups in total. The summed E-state index contributed by atoms with van der Waals surface area (Å²) in [5, 5.41) is 14.5. The number of hydrogen-bond acceptors (Lipinski definition) is 7. The normalized spacial score (nSPS) is 13.2. The molecule has 3 aromatic heterocycles. The number of halogens is 1. The van der Waals surface area contributed by atoms with E-state index in [0.717, 1.165) is 39.2 Å². The van der Waals surface area contributed by atoms with E-state index in [1.165, 1.54) is 23.5 Å². The first-order valence-electron chi connectivity index (χ1n) is 11.7. The summed E-state index contributed by atoms with van der Waals surface area (Å²) in [5.74, 6) is -0.0333. The van der Waals surface area contributed by atoms with Crippen LogP contribution in [-0.4, -0.2) is 52.2 Å². The van der Waals surface area contributed by atoms with E-state index in [9.17, 15) is 9.18 Å². The van der Waals surface area contributed by atoms with Crippen molar-refractivity contribution in [3.05, 3.63) is 66.2 Å². The summed E-state index contributed by atoms with van der Waals surface area (Å²) in [6, 6.07) is 11.8. The van der Waals surface area contributed by atoms with E-state index in [-0.39, 0.29) is 24.4 Å². The first-order valence-corrected chi connectivity index (χ1v) is 12.5. The number of carbonyl (C=O) groups excluding carboxylic acids is 1. The lowest BCUT2D eigenvalue weighted by Crippen LogP contribution is -2.30. The summed E-state index contributed by atoms with van der Waals surface area (Å²) in [6.07, 6.45) is 5.40. The van der Waals surface area contributed by atoms with E-state index in [2.05, 4.69) is 20.6 Å². The third kappa shape index (κ3) is 5.78. The monoisotopic (exact) mass is 507 g/mol. The fourth-order valence-electron chi connectivity index (χ4n) is 3.71. The minimum atomic E-state index is -0.579. The van der Waals surface area contributed by atoms with Crippen LogP contribution in [0.15, 0.2) is 54.9 Å². The lowest BCUT2D eigenvalue weighted by atomic mass is 10.2. The van der Waals surface area contributed by atoms with E-state index in [1.807, 2.05) is 36.3 Å². The maximum absolute atomic E-state index is 14.8. The van der Waals surface area contributed by atoms with Crippen LogP contribution in [0.5, 0.6) is 11.5 Å². The van der Waals surface area contributed by atoms with Crippen LogP contribution >= 0.6 is 11.3 Å². The highest BCUT2D eigenvalue weighted by Gasteiger charge is 2.23. The molecule has 0 radical (unpaired) electrons. The molecular formula is C26H26FN5O3S. The summed E-state index contributed by atoms with van der Waals surface area (Å²) in [5.41, 5.74) is 2.95. The van der Waals surface area contributed by atoms with E-state index in [1.54, 1.807) is 18.3 Å². The van der Waals surface area contributed by atoms with Crippen molar-refractivity contribution in [2.75, 3.05) is 25.5 Å². The average Bonchev–Trinajstić information content (AvgIpc) is 3.55. The van der Waals surface area contributed by atoms with Crippen LogP contribution in [0.2, 0.25) is 0 Å². The summed E-state index contributed by atoms with van der Waals surface area (Å²) >= 11 is 1.47. The molecule has 36 heavy (non-hydrogen) atoms. The second-order valence-electron chi connectivity index (χ2n) is 8.77. The van der Waals surface area contributed by atoms with Crippen LogP contribution in [0.25, 0.3) is 20.8 Å². The van der Waals surface area contributed by atoms with E-state index < -0.39 is 5.82 Å². The number of ether oxygens (including phenoxy) is 1. The highest BCUT2D eigenvalue weighted by atomic mass is 32.1. The van der Waals surface area contributed by atoms with Crippen molar-refractivity contribution in [3.8, 4) is 22.1 Å². The molecule has 0 aliphatic heterocycles. The van der Waals surface area contributed by atoms with Crippen molar-refractivity contribution in [1.29, 1.82) is 0 Å². The first-order chi connectivity index (χ1) is 17.5. The standard InChI is InChI=1S/C26H26FN5O3S/c1-32(10-11-33)15-16-2-6-20(29-14-16)24-13-21-25(36-24)23(8-9-28-21)35-22-7-5-18(12-19(22)27)31-26(34)30-17-3-4-17/h2,5-9,12-14,17,33H,3-4,10-11,15H2,1H3,(H2,30,31,34). The Morgan fingerprint density at radius 1 is 1.19 bits per heavy atom. The molecule has 0 atom stereocenters. The molecule has 4 aromatic rings. The topological polar surface area (TPSA) is 99.6 Å². The Balaban J connectivity index is 1.31. The zero-order valence-corrected chi connectivity index (χ0v) is 20.5. The maximum atomic E-state index is 14.8. The molecule has 0 spiro atoms. The third-order valence-electron chi connectivity index (χ3n) is 5.71. The number of carbonyl (C=O) groups is 1. The molecular weight excluding hydrogens is 481 g/mol. The molecule has 1 fully saturated rings. The Bertz CT molecular complexity index is 1370. The molecule has 1 aromatic carbocycles. The molecule has 8 nitrogen and oxygen atoms in total. The SMILES string of the molecule is CN(CCO)Cc1ccc(-c2cc3nccc(Oc4ccc(NC(=O)NC5CC5)cc4F)c3s2)nc1. The molecule has 0 bridgehead atoms. The summed E-state index contributed by atoms with van der Waals surface area (Å²) in [4.78, 5) is 23.9. The lowest BCUT2D eigenvalue weighted by molar-refractivity contribution is 0.217. The zero-order chi connectivity index (χ0) is 25.1. The number of thiophene rings is 1. The van der Waals surface area contributed by atoms with Gasteiger partial charge in [0, 0.05) is 49.3 Å². The number of nitrogens with zero attached hydrogens (tertiary/aromatic N) is 3. The first kappa shape index (κ1) is 24.1. The van der Waals surface area contributed by atoms with Crippen molar-refractivity contribution in [2.24, 2.45) is 0 Å². The van der Waals surface area contributed by atoms with E-state index in [4.69, 9.17) is 9.84 Å². The number of anilines is 1. The van der Waals surface area contributed by atoms with Gasteiger partial charge in [-0.05, 0) is 49.7 Å². The van der Waals surface area contributed by atoms with Crippen LogP contribution < -0.4 is 15.4 Å². The number of rotatable bonds is 9. The molecule has 1 saturated carbocycles. The summed E-state index contributed by atoms with van der Waals surface area (Å²) < 4.78 is 21.5. The van der Waals surface area contributed by atoms with Gasteiger partial charge in [0.2, 0.25) is 0 Å². The van der Waals surface area contributed by atoms with Crippen LogP contribution in [0, 0.1) is 5.82 Å². The molecule has 186 valence electrons. The van der Waals surface area contributed by atoms with Crippen LogP contribution in [0.1, 0.15) is 18.4 Å². The molecule has 5 rings (SSSR count). The molecule has 10 heteroatoms. The maximum Gasteiger partial charge on any atom is 0.319 e. The summed E-state index contributed by atoms with van der Waals surface area (Å²) in [6.45, 7) is 1.41. The molecule has 1 aliphatic carbocycles. The number of amides is 2. The second-order valence-corrected chi connectivity index (χ2v) is 9.82. The van der Waals surface area contributed by atoms with Crippen LogP contribution in [0.4, 0.5) is 14.9 Å². The van der Waals surface area contributed by atoms with Gasteiger partial charge < -0.3 is 20.5 Å². The number of fused-ring (bicyclic) bond motifs is 1. The van der Waals surface area contributed by atoms with Gasteiger partial charge in [-0.3, -0.25) is 14.9 Å². The molecule has 0 saturated heterocycles. The largest absolute Gasteiger partial charge is 0.453 e. The van der Waals surface area contributed by atoms with Crippen molar-refractivity contribution in [3.63, 3.8) is 0 Å². The zero-order valence-electron chi connectivity index (χ0n) is 19.7. The Kier molecular flexibility index (Phi) is 7.08. The van der Waals surface area contributed by atoms with Crippen molar-refractivity contribution < 1.29 is 19.0 Å². The number of nitrogens with one attached hydrogen (secondary N) is 2. The summed E-state index contributed by atoms with van der Waals surface area (Å²) in [7, 11) is 1.95. The van der Waals surface area contributed by atoms with Crippen molar-refractivity contribution in [1.82, 2.24) is 20.2 Å². The number of aliphatic hydroxyl groups excluding tert-OH is 1. The van der Waals surface area contributed by atoms with E-state index >= 15 is 0 Å². The highest BCUT2D eigenvalue weighted by Crippen LogP contribution is 2.39. The Morgan fingerprint density at radius 2 is 2.06 bits per heavy atom. The number of urea groups is 1. The van der Waals surface area contributed by atoms with Crippen molar-refractivity contribution in [2.45, 2.75) is 25.4 Å². The highest BCUT2D eigenvalue weighted by molar-refractivity contribution is 7.22. The fourth-order valence-corrected chi connectivity index (χ4v) is 4.75. The van der Waals surface area contributed by atoms with Gasteiger partial charge >= 0.3 is 6.03 Å².